The first-order chi connectivity index (χ1) is 12.1. The Morgan fingerprint density at radius 2 is 1.88 bits per heavy atom. The van der Waals surface area contributed by atoms with Crippen molar-refractivity contribution in [1.82, 2.24) is 24.6 Å². The molecular formula is C18H12ClN5O. The maximum atomic E-state index is 12.7. The lowest BCUT2D eigenvalue weighted by molar-refractivity contribution is 0.103. The maximum Gasteiger partial charge on any atom is 0.216 e. The Labute approximate surface area is 148 Å². The van der Waals surface area contributed by atoms with E-state index < -0.39 is 0 Å². The molecule has 0 aromatic carbocycles. The smallest absolute Gasteiger partial charge is 0.216 e. The van der Waals surface area contributed by atoms with Gasteiger partial charge in [0.05, 0.1) is 17.5 Å². The molecular weight excluding hydrogens is 338 g/mol. The average Bonchev–Trinajstić information content (AvgIpc) is 3.06. The number of pyridine rings is 2. The van der Waals surface area contributed by atoms with Crippen LogP contribution in [0.15, 0.2) is 55.1 Å². The molecule has 0 saturated heterocycles. The molecule has 4 heterocycles. The molecule has 0 saturated carbocycles. The number of rotatable bonds is 3. The van der Waals surface area contributed by atoms with Crippen molar-refractivity contribution in [3.63, 3.8) is 0 Å². The molecule has 4 aromatic rings. The third-order valence-corrected chi connectivity index (χ3v) is 4.02. The van der Waals surface area contributed by atoms with Crippen LogP contribution in [-0.4, -0.2) is 30.3 Å². The Bertz CT molecular complexity index is 1090. The van der Waals surface area contributed by atoms with Gasteiger partial charge in [-0.05, 0) is 36.8 Å². The van der Waals surface area contributed by atoms with Gasteiger partial charge in [-0.2, -0.15) is 5.10 Å². The molecule has 0 aliphatic rings. The zero-order valence-corrected chi connectivity index (χ0v) is 14.0. The molecule has 0 spiro atoms. The van der Waals surface area contributed by atoms with E-state index in [-0.39, 0.29) is 5.78 Å². The summed E-state index contributed by atoms with van der Waals surface area (Å²) in [4.78, 5) is 25.2. The predicted molar refractivity (Wildman–Crippen MR) is 93.6 cm³/mol. The summed E-state index contributed by atoms with van der Waals surface area (Å²) in [6, 6.07) is 8.92. The number of hydrogen-bond acceptors (Lipinski definition) is 5. The van der Waals surface area contributed by atoms with Crippen LogP contribution in [0.1, 0.15) is 21.6 Å². The largest absolute Gasteiger partial charge is 0.287 e. The van der Waals surface area contributed by atoms with Gasteiger partial charge in [-0.1, -0.05) is 17.7 Å². The Morgan fingerprint density at radius 1 is 1.04 bits per heavy atom. The van der Waals surface area contributed by atoms with E-state index in [0.717, 1.165) is 16.8 Å². The molecule has 25 heavy (non-hydrogen) atoms. The van der Waals surface area contributed by atoms with E-state index in [9.17, 15) is 4.79 Å². The van der Waals surface area contributed by atoms with Crippen molar-refractivity contribution in [3.05, 3.63) is 77.1 Å². The Hall–Kier alpha value is -3.12. The molecule has 4 rings (SSSR count). The Kier molecular flexibility index (Phi) is 3.74. The zero-order chi connectivity index (χ0) is 17.4. The minimum Gasteiger partial charge on any atom is -0.287 e. The monoisotopic (exact) mass is 349 g/mol. The summed E-state index contributed by atoms with van der Waals surface area (Å²) in [7, 11) is 0. The first-order valence-electron chi connectivity index (χ1n) is 7.55. The summed E-state index contributed by atoms with van der Waals surface area (Å²) in [6.45, 7) is 1.92. The summed E-state index contributed by atoms with van der Waals surface area (Å²) < 4.78 is 1.62. The van der Waals surface area contributed by atoms with Gasteiger partial charge in [0, 0.05) is 24.2 Å². The molecule has 122 valence electrons. The molecule has 0 aliphatic heterocycles. The zero-order valence-electron chi connectivity index (χ0n) is 13.2. The fourth-order valence-corrected chi connectivity index (χ4v) is 2.75. The van der Waals surface area contributed by atoms with Crippen LogP contribution in [0.3, 0.4) is 0 Å². The summed E-state index contributed by atoms with van der Waals surface area (Å²) in [5, 5.41) is 4.71. The average molecular weight is 350 g/mol. The second-order valence-electron chi connectivity index (χ2n) is 5.54. The first kappa shape index (κ1) is 15.4. The van der Waals surface area contributed by atoms with Crippen molar-refractivity contribution >= 4 is 23.0 Å². The molecule has 0 bridgehead atoms. The maximum absolute atomic E-state index is 12.7. The van der Waals surface area contributed by atoms with E-state index in [1.165, 1.54) is 6.20 Å². The van der Waals surface area contributed by atoms with Crippen LogP contribution < -0.4 is 0 Å². The van der Waals surface area contributed by atoms with Crippen LogP contribution in [0.25, 0.3) is 16.9 Å². The van der Waals surface area contributed by atoms with Crippen LogP contribution in [0.5, 0.6) is 0 Å². The fraction of sp³-hybridized carbons (Fsp3) is 0.0556. The van der Waals surface area contributed by atoms with E-state index in [4.69, 9.17) is 11.6 Å². The first-order valence-corrected chi connectivity index (χ1v) is 7.93. The molecule has 0 unspecified atom stereocenters. The highest BCUT2D eigenvalue weighted by molar-refractivity contribution is 6.29. The number of halogens is 1. The predicted octanol–water partition coefficient (Wildman–Crippen LogP) is 3.38. The van der Waals surface area contributed by atoms with Crippen molar-refractivity contribution in [2.24, 2.45) is 0 Å². The van der Waals surface area contributed by atoms with Crippen LogP contribution in [0.4, 0.5) is 0 Å². The van der Waals surface area contributed by atoms with Crippen molar-refractivity contribution in [2.75, 3.05) is 0 Å². The minimum atomic E-state index is -0.215. The van der Waals surface area contributed by atoms with Crippen LogP contribution in [-0.2, 0) is 0 Å². The van der Waals surface area contributed by atoms with E-state index in [1.807, 2.05) is 25.1 Å². The lowest BCUT2D eigenvalue weighted by Crippen LogP contribution is -2.05. The van der Waals surface area contributed by atoms with E-state index in [1.54, 1.807) is 35.2 Å². The SMILES string of the molecule is Cc1ccc(C(=O)c2cnn3c(-c4ccnc(Cl)c4)ccnc23)nc1. The quantitative estimate of drug-likeness (QED) is 0.419. The third kappa shape index (κ3) is 2.77. The number of carbonyl (C=O) groups is 1. The molecule has 4 aromatic heterocycles. The van der Waals surface area contributed by atoms with Gasteiger partial charge in [-0.25, -0.2) is 14.5 Å². The summed E-state index contributed by atoms with van der Waals surface area (Å²) >= 11 is 5.98. The number of aryl methyl sites for hydroxylation is 1. The standard InChI is InChI=1S/C18H12ClN5O/c1-11-2-3-14(22-9-11)17(25)13-10-23-24-15(5-7-21-18(13)24)12-4-6-20-16(19)8-12/h2-10H,1H3. The normalized spacial score (nSPS) is 11.0. The fourth-order valence-electron chi connectivity index (χ4n) is 2.57. The second kappa shape index (κ2) is 6.07. The van der Waals surface area contributed by atoms with Gasteiger partial charge >= 0.3 is 0 Å². The van der Waals surface area contributed by atoms with Gasteiger partial charge in [0.15, 0.2) is 5.65 Å². The van der Waals surface area contributed by atoms with Gasteiger partial charge in [0.2, 0.25) is 5.78 Å². The Balaban J connectivity index is 1.84. The molecule has 7 heteroatoms. The van der Waals surface area contributed by atoms with Gasteiger partial charge in [-0.3, -0.25) is 9.78 Å². The molecule has 0 atom stereocenters. The van der Waals surface area contributed by atoms with Crippen molar-refractivity contribution in [3.8, 4) is 11.3 Å². The minimum absolute atomic E-state index is 0.215. The second-order valence-corrected chi connectivity index (χ2v) is 5.93. The Morgan fingerprint density at radius 3 is 2.64 bits per heavy atom. The highest BCUT2D eigenvalue weighted by Gasteiger charge is 2.18. The van der Waals surface area contributed by atoms with Crippen molar-refractivity contribution in [2.45, 2.75) is 6.92 Å². The molecule has 0 amide bonds. The molecule has 0 fully saturated rings. The van der Waals surface area contributed by atoms with Gasteiger partial charge in [0.25, 0.3) is 0 Å². The van der Waals surface area contributed by atoms with Gasteiger partial charge in [-0.15, -0.1) is 0 Å². The van der Waals surface area contributed by atoms with Crippen molar-refractivity contribution in [1.29, 1.82) is 0 Å². The van der Waals surface area contributed by atoms with Crippen molar-refractivity contribution < 1.29 is 4.79 Å². The van der Waals surface area contributed by atoms with Gasteiger partial charge < -0.3 is 0 Å². The van der Waals surface area contributed by atoms with Gasteiger partial charge in [0.1, 0.15) is 10.8 Å². The summed E-state index contributed by atoms with van der Waals surface area (Å²) in [5.41, 5.74) is 3.83. The number of fused-ring (bicyclic) bond motifs is 1. The number of aromatic nitrogens is 5. The lowest BCUT2D eigenvalue weighted by Gasteiger charge is -2.05. The van der Waals surface area contributed by atoms with E-state index in [2.05, 4.69) is 20.1 Å². The molecule has 6 nitrogen and oxygen atoms in total. The lowest BCUT2D eigenvalue weighted by atomic mass is 10.1. The summed E-state index contributed by atoms with van der Waals surface area (Å²) in [5.74, 6) is -0.215. The van der Waals surface area contributed by atoms with Crippen LogP contribution >= 0.6 is 11.6 Å². The highest BCUT2D eigenvalue weighted by Crippen LogP contribution is 2.23. The highest BCUT2D eigenvalue weighted by atomic mass is 35.5. The molecule has 0 aliphatic carbocycles. The number of hydrogen-bond donors (Lipinski definition) is 0. The molecule has 0 radical (unpaired) electrons. The number of carbonyl (C=O) groups excluding carboxylic acids is 1. The topological polar surface area (TPSA) is 73.0 Å². The van der Waals surface area contributed by atoms with E-state index in [0.29, 0.717) is 22.1 Å². The van der Waals surface area contributed by atoms with E-state index >= 15 is 0 Å². The third-order valence-electron chi connectivity index (χ3n) is 3.81. The van der Waals surface area contributed by atoms with Crippen LogP contribution in [0.2, 0.25) is 5.15 Å². The van der Waals surface area contributed by atoms with Crippen LogP contribution in [0, 0.1) is 6.92 Å². The number of ketones is 1. The molecule has 0 N–H and O–H groups in total. The number of nitrogens with zero attached hydrogens (tertiary/aromatic N) is 5. The summed E-state index contributed by atoms with van der Waals surface area (Å²) in [6.07, 6.45) is 6.44.